The molecule has 0 saturated carbocycles. The molecule has 4 rings (SSSR count). The molecular weight excluding hydrogens is 483 g/mol. The molecule has 0 unspecified atom stereocenters. The lowest BCUT2D eigenvalue weighted by Gasteiger charge is -2.11. The Hall–Kier alpha value is -3.36. The van der Waals surface area contributed by atoms with Crippen LogP contribution in [0.3, 0.4) is 0 Å². The number of rotatable bonds is 7. The molecule has 3 nitrogen and oxygen atoms in total. The Morgan fingerprint density at radius 1 is 0.912 bits per heavy atom. The quantitative estimate of drug-likeness (QED) is 0.190. The van der Waals surface area contributed by atoms with Crippen molar-refractivity contribution in [3.8, 4) is 17.2 Å². The smallest absolute Gasteiger partial charge is 0.173 e. The van der Waals surface area contributed by atoms with E-state index < -0.39 is 0 Å². The fraction of sp³-hybridized carbons (Fsp3) is 0.0357. The lowest BCUT2D eigenvalue weighted by molar-refractivity contribution is 0.102. The number of pyridine rings is 1. The highest BCUT2D eigenvalue weighted by atomic mass is 35.5. The maximum absolute atomic E-state index is 12.7. The van der Waals surface area contributed by atoms with Crippen LogP contribution in [0.1, 0.15) is 27.2 Å². The van der Waals surface area contributed by atoms with Crippen molar-refractivity contribution in [3.63, 3.8) is 0 Å². The summed E-state index contributed by atoms with van der Waals surface area (Å²) in [5, 5.41) is 11.8. The fourth-order valence-corrected chi connectivity index (χ4v) is 4.45. The van der Waals surface area contributed by atoms with Gasteiger partial charge in [0.05, 0.1) is 17.0 Å². The predicted molar refractivity (Wildman–Crippen MR) is 141 cm³/mol. The van der Waals surface area contributed by atoms with Crippen LogP contribution >= 0.6 is 35.0 Å². The lowest BCUT2D eigenvalue weighted by Crippen LogP contribution is -2.03. The van der Waals surface area contributed by atoms with Crippen LogP contribution < -0.4 is 0 Å². The largest absolute Gasteiger partial charge is 0.293 e. The molecule has 34 heavy (non-hydrogen) atoms. The molecule has 0 N–H and O–H groups in total. The molecule has 0 aliphatic heterocycles. The Bertz CT molecular complexity index is 1380. The molecule has 0 fully saturated rings. The standard InChI is InChI=1S/C28H18Cl2N2OS/c29-22-11-6-19(7-12-22)8-15-24-16-25(20-9-13-23(30)14-10-20)26(17-31)28(32-24)34-18-27(33)21-4-2-1-3-5-21/h1-16H,18H2/b15-8+. The molecule has 0 spiro atoms. The third kappa shape index (κ3) is 5.95. The average molecular weight is 501 g/mol. The zero-order valence-corrected chi connectivity index (χ0v) is 20.2. The van der Waals surface area contributed by atoms with Crippen LogP contribution in [0, 0.1) is 11.3 Å². The maximum Gasteiger partial charge on any atom is 0.173 e. The SMILES string of the molecule is N#Cc1c(-c2ccc(Cl)cc2)cc(/C=C/c2ccc(Cl)cc2)nc1SCC(=O)c1ccccc1. The van der Waals surface area contributed by atoms with E-state index in [2.05, 4.69) is 6.07 Å². The Balaban J connectivity index is 1.72. The average Bonchev–Trinajstić information content (AvgIpc) is 2.87. The summed E-state index contributed by atoms with van der Waals surface area (Å²) in [6.45, 7) is 0. The number of nitriles is 1. The molecule has 6 heteroatoms. The van der Waals surface area contributed by atoms with E-state index in [-0.39, 0.29) is 11.5 Å². The Morgan fingerprint density at radius 3 is 2.21 bits per heavy atom. The van der Waals surface area contributed by atoms with Crippen molar-refractivity contribution in [2.24, 2.45) is 0 Å². The van der Waals surface area contributed by atoms with Gasteiger partial charge in [0.25, 0.3) is 0 Å². The van der Waals surface area contributed by atoms with E-state index in [0.29, 0.717) is 31.9 Å². The number of aromatic nitrogens is 1. The van der Waals surface area contributed by atoms with Gasteiger partial charge < -0.3 is 0 Å². The van der Waals surface area contributed by atoms with Crippen molar-refractivity contribution < 1.29 is 4.79 Å². The number of thioether (sulfide) groups is 1. The van der Waals surface area contributed by atoms with Gasteiger partial charge in [0, 0.05) is 21.2 Å². The molecule has 0 radical (unpaired) electrons. The van der Waals surface area contributed by atoms with Crippen LogP contribution in [-0.2, 0) is 0 Å². The number of benzene rings is 3. The fourth-order valence-electron chi connectivity index (χ4n) is 3.29. The van der Waals surface area contributed by atoms with Gasteiger partial charge in [-0.05, 0) is 47.5 Å². The van der Waals surface area contributed by atoms with Crippen LogP contribution in [-0.4, -0.2) is 16.5 Å². The normalized spacial score (nSPS) is 10.9. The second-order valence-corrected chi connectivity index (χ2v) is 9.19. The number of hydrogen-bond donors (Lipinski definition) is 0. The molecule has 0 amide bonds. The first-order valence-corrected chi connectivity index (χ1v) is 12.1. The van der Waals surface area contributed by atoms with Gasteiger partial charge in [-0.1, -0.05) is 95.6 Å². The Morgan fingerprint density at radius 2 is 1.56 bits per heavy atom. The summed E-state index contributed by atoms with van der Waals surface area (Å²) in [5.74, 6) is 0.155. The molecule has 0 aliphatic rings. The van der Waals surface area contributed by atoms with Crippen molar-refractivity contribution in [3.05, 3.63) is 117 Å². The van der Waals surface area contributed by atoms with Crippen molar-refractivity contribution in [2.45, 2.75) is 5.03 Å². The van der Waals surface area contributed by atoms with Gasteiger partial charge in [0.1, 0.15) is 11.1 Å². The number of nitrogens with zero attached hydrogens (tertiary/aromatic N) is 2. The Kier molecular flexibility index (Phi) is 7.82. The van der Waals surface area contributed by atoms with Crippen LogP contribution in [0.15, 0.2) is 90.0 Å². The molecule has 166 valence electrons. The number of hydrogen-bond acceptors (Lipinski definition) is 4. The highest BCUT2D eigenvalue weighted by Crippen LogP contribution is 2.32. The summed E-state index contributed by atoms with van der Waals surface area (Å²) in [5.41, 5.74) is 4.29. The highest BCUT2D eigenvalue weighted by Gasteiger charge is 2.16. The minimum absolute atomic E-state index is 0.0218. The van der Waals surface area contributed by atoms with Crippen LogP contribution in [0.4, 0.5) is 0 Å². The first kappa shape index (κ1) is 23.8. The molecule has 3 aromatic carbocycles. The first-order chi connectivity index (χ1) is 16.5. The van der Waals surface area contributed by atoms with Gasteiger partial charge >= 0.3 is 0 Å². The summed E-state index contributed by atoms with van der Waals surface area (Å²) >= 11 is 13.3. The molecule has 0 saturated heterocycles. The lowest BCUT2D eigenvalue weighted by atomic mass is 10.0. The number of Topliss-reactive ketones (excluding diaryl/α,β-unsaturated/α-hetero) is 1. The monoisotopic (exact) mass is 500 g/mol. The van der Waals surface area contributed by atoms with E-state index in [1.807, 2.05) is 72.8 Å². The van der Waals surface area contributed by atoms with E-state index in [1.54, 1.807) is 24.3 Å². The number of halogens is 2. The van der Waals surface area contributed by atoms with Gasteiger partial charge in [-0.3, -0.25) is 4.79 Å². The van der Waals surface area contributed by atoms with E-state index >= 15 is 0 Å². The molecule has 1 heterocycles. The molecule has 0 atom stereocenters. The Labute approximate surface area is 212 Å². The zero-order valence-electron chi connectivity index (χ0n) is 17.9. The summed E-state index contributed by atoms with van der Waals surface area (Å²) in [7, 11) is 0. The molecule has 0 aliphatic carbocycles. The zero-order chi connectivity index (χ0) is 23.9. The van der Waals surface area contributed by atoms with E-state index in [9.17, 15) is 10.1 Å². The van der Waals surface area contributed by atoms with Crippen LogP contribution in [0.2, 0.25) is 10.0 Å². The molecular formula is C28H18Cl2N2OS. The van der Waals surface area contributed by atoms with Gasteiger partial charge in [0.2, 0.25) is 0 Å². The first-order valence-electron chi connectivity index (χ1n) is 10.4. The minimum Gasteiger partial charge on any atom is -0.293 e. The van der Waals surface area contributed by atoms with Crippen LogP contribution in [0.25, 0.3) is 23.3 Å². The summed E-state index contributed by atoms with van der Waals surface area (Å²) in [6, 6.07) is 28.0. The number of carbonyl (C=O) groups excluding carboxylic acids is 1. The number of ketones is 1. The van der Waals surface area contributed by atoms with Crippen LogP contribution in [0.5, 0.6) is 0 Å². The van der Waals surface area contributed by atoms with Crippen molar-refractivity contribution in [1.82, 2.24) is 4.98 Å². The third-order valence-corrected chi connectivity index (χ3v) is 6.50. The molecule has 1 aromatic heterocycles. The van der Waals surface area contributed by atoms with E-state index in [4.69, 9.17) is 28.2 Å². The minimum atomic E-state index is -0.0218. The molecule has 4 aromatic rings. The summed E-state index contributed by atoms with van der Waals surface area (Å²) < 4.78 is 0. The highest BCUT2D eigenvalue weighted by molar-refractivity contribution is 8.00. The number of carbonyl (C=O) groups is 1. The van der Waals surface area contributed by atoms with Gasteiger partial charge in [0.15, 0.2) is 5.78 Å². The second kappa shape index (κ2) is 11.2. The summed E-state index contributed by atoms with van der Waals surface area (Å²) in [6.07, 6.45) is 3.81. The van der Waals surface area contributed by atoms with Gasteiger partial charge in [-0.15, -0.1) is 0 Å². The van der Waals surface area contributed by atoms with Crippen molar-refractivity contribution >= 4 is 52.9 Å². The topological polar surface area (TPSA) is 53.8 Å². The van der Waals surface area contributed by atoms with Gasteiger partial charge in [-0.25, -0.2) is 4.98 Å². The second-order valence-electron chi connectivity index (χ2n) is 7.36. The van der Waals surface area contributed by atoms with E-state index in [0.717, 1.165) is 16.7 Å². The predicted octanol–water partition coefficient (Wildman–Crippen LogP) is 8.07. The van der Waals surface area contributed by atoms with E-state index in [1.165, 1.54) is 11.8 Å². The summed E-state index contributed by atoms with van der Waals surface area (Å²) in [4.78, 5) is 17.4. The van der Waals surface area contributed by atoms with Gasteiger partial charge in [-0.2, -0.15) is 5.26 Å². The maximum atomic E-state index is 12.7. The third-order valence-electron chi connectivity index (χ3n) is 5.03. The van der Waals surface area contributed by atoms with Crippen molar-refractivity contribution in [2.75, 3.05) is 5.75 Å². The molecule has 0 bridgehead atoms. The van der Waals surface area contributed by atoms with Crippen molar-refractivity contribution in [1.29, 1.82) is 5.26 Å².